The molecule has 16 heteroatoms. The quantitative estimate of drug-likeness (QED) is 0.148. The highest BCUT2D eigenvalue weighted by Crippen LogP contribution is 1.96. The largest absolute Gasteiger partial charge is 0.480 e. The highest BCUT2D eigenvalue weighted by Gasteiger charge is 2.19. The zero-order valence-electron chi connectivity index (χ0n) is 20.3. The molecule has 0 aliphatic carbocycles. The van der Waals surface area contributed by atoms with Gasteiger partial charge in [-0.15, -0.1) is 0 Å². The molecule has 0 aliphatic rings. The number of hydrogen-bond acceptors (Lipinski definition) is 7. The maximum absolute atomic E-state index is 12.3. The molecule has 0 aromatic rings. The Morgan fingerprint density at radius 2 is 1.00 bits per heavy atom. The normalized spacial score (nSPS) is 10.1. The lowest BCUT2D eigenvalue weighted by atomic mass is 10.0. The van der Waals surface area contributed by atoms with E-state index in [1.165, 1.54) is 9.80 Å². The molecule has 0 bridgehead atoms. The summed E-state index contributed by atoms with van der Waals surface area (Å²) in [5.74, 6) is -2.86. The van der Waals surface area contributed by atoms with E-state index >= 15 is 0 Å². The van der Waals surface area contributed by atoms with E-state index in [9.17, 15) is 28.8 Å². The molecule has 0 atom stereocenters. The lowest BCUT2D eigenvalue weighted by Gasteiger charge is -2.24. The molecule has 5 amide bonds. The third kappa shape index (κ3) is 12.9. The number of hydrogen-bond donors (Lipinski definition) is 4. The Kier molecular flexibility index (Phi) is 15.9. The highest BCUT2D eigenvalue weighted by atomic mass is 16.4. The van der Waals surface area contributed by atoms with E-state index in [1.54, 1.807) is 23.5 Å². The van der Waals surface area contributed by atoms with Gasteiger partial charge in [-0.1, -0.05) is 0 Å². The second-order valence-corrected chi connectivity index (χ2v) is 7.39. The molecular formula is C18H35B3N6O7. The van der Waals surface area contributed by atoms with Crippen molar-refractivity contribution in [1.29, 1.82) is 0 Å². The predicted molar refractivity (Wildman–Crippen MR) is 133 cm³/mol. The van der Waals surface area contributed by atoms with Crippen LogP contribution in [-0.4, -0.2) is 138 Å². The van der Waals surface area contributed by atoms with Gasteiger partial charge >= 0.3 is 5.97 Å². The molecule has 13 nitrogen and oxygen atoms in total. The number of carbonyl (C=O) groups is 6. The molecular weight excluding hydrogens is 445 g/mol. The van der Waals surface area contributed by atoms with Gasteiger partial charge in [0.1, 0.15) is 30.1 Å². The first-order chi connectivity index (χ1) is 16.1. The summed E-state index contributed by atoms with van der Waals surface area (Å²) in [7, 11) is 4.95. The Morgan fingerprint density at radius 3 is 1.32 bits per heavy atom. The number of nitrogens with zero attached hydrogens (tertiary/aromatic N) is 3. The summed E-state index contributed by atoms with van der Waals surface area (Å²) in [6.45, 7) is -0.136. The molecule has 0 aromatic heterocycles. The van der Waals surface area contributed by atoms with E-state index in [0.717, 1.165) is 4.90 Å². The summed E-state index contributed by atoms with van der Waals surface area (Å²) in [4.78, 5) is 74.9. The maximum atomic E-state index is 12.3. The van der Waals surface area contributed by atoms with Crippen molar-refractivity contribution in [1.82, 2.24) is 25.3 Å². The standard InChI is InChI=1S/C18H35B3N6O7/c19-7-15(30)25(4-1-22)10-13(28)23-2-5-26(16(31)8-20)11-14(29)24-3-6-27(12-18(33)34)17(32)9-21/h1-12,19-22H2,(H,23,28)(H,24,29)(H,33,34). The van der Waals surface area contributed by atoms with Crippen molar-refractivity contribution in [3.8, 4) is 0 Å². The second kappa shape index (κ2) is 17.5. The zero-order valence-corrected chi connectivity index (χ0v) is 20.3. The van der Waals surface area contributed by atoms with Crippen LogP contribution < -0.4 is 16.4 Å². The van der Waals surface area contributed by atoms with Crippen molar-refractivity contribution in [2.45, 2.75) is 19.0 Å². The molecule has 188 valence electrons. The van der Waals surface area contributed by atoms with Crippen LogP contribution in [0.4, 0.5) is 0 Å². The average Bonchev–Trinajstić information content (AvgIpc) is 2.80. The Hall–Kier alpha value is -3.03. The molecule has 0 heterocycles. The van der Waals surface area contributed by atoms with Crippen molar-refractivity contribution < 1.29 is 33.9 Å². The number of nitrogens with one attached hydrogen (secondary N) is 2. The Bertz CT molecular complexity index is 728. The molecule has 0 spiro atoms. The monoisotopic (exact) mass is 480 g/mol. The first kappa shape index (κ1) is 31.0. The van der Waals surface area contributed by atoms with Gasteiger partial charge in [0.25, 0.3) is 0 Å². The third-order valence-electron chi connectivity index (χ3n) is 4.77. The summed E-state index contributed by atoms with van der Waals surface area (Å²) >= 11 is 0. The fraction of sp³-hybridized carbons (Fsp3) is 0.667. The van der Waals surface area contributed by atoms with Crippen LogP contribution in [0.5, 0.6) is 0 Å². The molecule has 0 aliphatic heterocycles. The van der Waals surface area contributed by atoms with Crippen LogP contribution in [-0.2, 0) is 28.8 Å². The van der Waals surface area contributed by atoms with Gasteiger partial charge in [-0.05, 0) is 19.0 Å². The first-order valence-corrected chi connectivity index (χ1v) is 11.4. The fourth-order valence-electron chi connectivity index (χ4n) is 2.98. The summed E-state index contributed by atoms with van der Waals surface area (Å²) in [5.41, 5.74) is 5.47. The van der Waals surface area contributed by atoms with E-state index in [-0.39, 0.29) is 89.0 Å². The second-order valence-electron chi connectivity index (χ2n) is 7.39. The number of carboxylic acids is 1. The number of amides is 5. The number of carbonyl (C=O) groups excluding carboxylic acids is 5. The first-order valence-electron chi connectivity index (χ1n) is 11.4. The summed E-state index contributed by atoms with van der Waals surface area (Å²) in [6.07, 6.45) is 0.554. The Balaban J connectivity index is 4.67. The van der Waals surface area contributed by atoms with E-state index in [1.807, 2.05) is 0 Å². The van der Waals surface area contributed by atoms with Crippen LogP contribution in [0.25, 0.3) is 0 Å². The van der Waals surface area contributed by atoms with Crippen LogP contribution in [0.2, 0.25) is 19.0 Å². The Labute approximate surface area is 202 Å². The van der Waals surface area contributed by atoms with Crippen molar-refractivity contribution in [2.24, 2.45) is 5.73 Å². The van der Waals surface area contributed by atoms with Gasteiger partial charge in [0.15, 0.2) is 0 Å². The van der Waals surface area contributed by atoms with Crippen molar-refractivity contribution in [3.63, 3.8) is 0 Å². The van der Waals surface area contributed by atoms with E-state index in [0.29, 0.717) is 0 Å². The molecule has 5 N–H and O–H groups in total. The van der Waals surface area contributed by atoms with Crippen LogP contribution >= 0.6 is 0 Å². The lowest BCUT2D eigenvalue weighted by Crippen LogP contribution is -2.47. The van der Waals surface area contributed by atoms with Crippen LogP contribution in [0.15, 0.2) is 0 Å². The van der Waals surface area contributed by atoms with Crippen molar-refractivity contribution >= 4 is 59.0 Å². The minimum Gasteiger partial charge on any atom is -0.480 e. The molecule has 0 saturated carbocycles. The Morgan fingerprint density at radius 1 is 0.647 bits per heavy atom. The van der Waals surface area contributed by atoms with E-state index < -0.39 is 24.3 Å². The molecule has 0 saturated heterocycles. The molecule has 0 aromatic carbocycles. The molecule has 0 rings (SSSR count). The molecule has 34 heavy (non-hydrogen) atoms. The minimum atomic E-state index is -1.15. The topological polar surface area (TPSA) is 182 Å². The minimum absolute atomic E-state index is 0.0261. The smallest absolute Gasteiger partial charge is 0.323 e. The molecule has 0 radical (unpaired) electrons. The van der Waals surface area contributed by atoms with Crippen LogP contribution in [0, 0.1) is 0 Å². The number of nitrogens with two attached hydrogens (primary N) is 1. The van der Waals surface area contributed by atoms with Crippen LogP contribution in [0.3, 0.4) is 0 Å². The number of rotatable bonds is 17. The van der Waals surface area contributed by atoms with Crippen molar-refractivity contribution in [3.05, 3.63) is 0 Å². The van der Waals surface area contributed by atoms with Gasteiger partial charge in [0, 0.05) is 39.3 Å². The number of aliphatic carboxylic acids is 1. The predicted octanol–water partition coefficient (Wildman–Crippen LogP) is -6.10. The summed E-state index contributed by atoms with van der Waals surface area (Å²) in [6, 6.07) is 0. The van der Waals surface area contributed by atoms with Gasteiger partial charge in [-0.25, -0.2) is 0 Å². The van der Waals surface area contributed by atoms with Gasteiger partial charge < -0.3 is 36.2 Å². The molecule has 0 fully saturated rings. The summed E-state index contributed by atoms with van der Waals surface area (Å²) < 4.78 is 0. The third-order valence-corrected chi connectivity index (χ3v) is 4.77. The molecule has 0 unspecified atom stereocenters. The maximum Gasteiger partial charge on any atom is 0.323 e. The van der Waals surface area contributed by atoms with Gasteiger partial charge in [0.05, 0.1) is 13.1 Å². The zero-order chi connectivity index (χ0) is 26.1. The average molecular weight is 480 g/mol. The van der Waals surface area contributed by atoms with Crippen molar-refractivity contribution in [2.75, 3.05) is 58.9 Å². The van der Waals surface area contributed by atoms with Gasteiger partial charge in [0.2, 0.25) is 29.5 Å². The van der Waals surface area contributed by atoms with Gasteiger partial charge in [-0.2, -0.15) is 0 Å². The SMILES string of the molecule is BCC(=O)N(CCNC(=O)CN(CCNC(=O)CN(CCN)C(=O)CB)C(=O)CB)CC(=O)O. The van der Waals surface area contributed by atoms with E-state index in [4.69, 9.17) is 10.8 Å². The fourth-order valence-corrected chi connectivity index (χ4v) is 2.98. The number of carboxylic acid groups (broad SMARTS) is 1. The van der Waals surface area contributed by atoms with Gasteiger partial charge in [-0.3, -0.25) is 28.8 Å². The summed E-state index contributed by atoms with van der Waals surface area (Å²) in [5, 5.41) is 14.1. The van der Waals surface area contributed by atoms with E-state index in [2.05, 4.69) is 10.6 Å². The lowest BCUT2D eigenvalue weighted by molar-refractivity contribution is -0.143. The highest BCUT2D eigenvalue weighted by molar-refractivity contribution is 6.20. The van der Waals surface area contributed by atoms with Crippen LogP contribution in [0.1, 0.15) is 0 Å².